The van der Waals surface area contributed by atoms with Crippen molar-refractivity contribution in [1.29, 1.82) is 0 Å². The van der Waals surface area contributed by atoms with Gasteiger partial charge in [0, 0.05) is 20.0 Å². The second kappa shape index (κ2) is 13.8. The highest BCUT2D eigenvalue weighted by Crippen LogP contribution is 2.33. The van der Waals surface area contributed by atoms with Gasteiger partial charge in [0.05, 0.1) is 19.1 Å². The Labute approximate surface area is 239 Å². The zero-order chi connectivity index (χ0) is 30.2. The standard InChI is InChI=1S/C28H35N5O7S/c1-33(23(27(35)36)14-18-8-5-4-6-9-18)26(34)22(10-7-13-31-28(29)30)32-41(37,38)21-12-11-19-16-24(39-2)25(40-3)17-20(19)15-21/h4-6,8-9,11-12,15-17,22-23,32H,7,10,13-14H2,1-3H3,(H,35,36)(H4,29,30,31)/t22-,23-/m0/s1. The number of ether oxygens (including phenoxy) is 2. The third-order valence-electron chi connectivity index (χ3n) is 6.54. The third kappa shape index (κ3) is 8.08. The van der Waals surface area contributed by atoms with E-state index in [1.165, 1.54) is 33.4 Å². The number of nitrogens with one attached hydrogen (secondary N) is 1. The van der Waals surface area contributed by atoms with Crippen LogP contribution >= 0.6 is 0 Å². The lowest BCUT2D eigenvalue weighted by atomic mass is 10.0. The van der Waals surface area contributed by atoms with Gasteiger partial charge in [0.25, 0.3) is 0 Å². The van der Waals surface area contributed by atoms with Crippen molar-refractivity contribution in [3.63, 3.8) is 0 Å². The minimum absolute atomic E-state index is 0.0233. The first-order valence-corrected chi connectivity index (χ1v) is 14.2. The van der Waals surface area contributed by atoms with Crippen molar-refractivity contribution in [2.45, 2.75) is 36.2 Å². The summed E-state index contributed by atoms with van der Waals surface area (Å²) in [6.07, 6.45) is 0.327. The van der Waals surface area contributed by atoms with Crippen molar-refractivity contribution in [3.8, 4) is 11.5 Å². The quantitative estimate of drug-likeness (QED) is 0.124. The number of aliphatic carboxylic acids is 1. The van der Waals surface area contributed by atoms with Crippen LogP contribution in [-0.2, 0) is 26.0 Å². The van der Waals surface area contributed by atoms with E-state index < -0.39 is 34.0 Å². The van der Waals surface area contributed by atoms with Gasteiger partial charge in [-0.3, -0.25) is 9.79 Å². The van der Waals surface area contributed by atoms with Crippen molar-refractivity contribution in [1.82, 2.24) is 9.62 Å². The van der Waals surface area contributed by atoms with Gasteiger partial charge in [0.15, 0.2) is 17.5 Å². The first kappa shape index (κ1) is 31.2. The van der Waals surface area contributed by atoms with E-state index in [1.54, 1.807) is 48.5 Å². The van der Waals surface area contributed by atoms with Gasteiger partial charge >= 0.3 is 5.97 Å². The number of likely N-dealkylation sites (N-methyl/N-ethyl adjacent to an activating group) is 1. The van der Waals surface area contributed by atoms with Crippen molar-refractivity contribution in [3.05, 3.63) is 66.2 Å². The Bertz CT molecular complexity index is 1510. The maximum atomic E-state index is 13.6. The lowest BCUT2D eigenvalue weighted by Crippen LogP contribution is -2.53. The van der Waals surface area contributed by atoms with E-state index in [0.717, 1.165) is 10.3 Å². The molecule has 0 heterocycles. The molecular weight excluding hydrogens is 550 g/mol. The molecule has 1 amide bonds. The maximum absolute atomic E-state index is 13.6. The molecule has 0 spiro atoms. The number of carbonyl (C=O) groups excluding carboxylic acids is 1. The number of nitrogens with zero attached hydrogens (tertiary/aromatic N) is 2. The Morgan fingerprint density at radius 2 is 1.63 bits per heavy atom. The van der Waals surface area contributed by atoms with E-state index in [1.807, 2.05) is 0 Å². The Kier molecular flexibility index (Phi) is 10.5. The molecule has 220 valence electrons. The summed E-state index contributed by atoms with van der Waals surface area (Å²) in [6.45, 7) is 0.154. The summed E-state index contributed by atoms with van der Waals surface area (Å²) in [5.74, 6) is -1.14. The van der Waals surface area contributed by atoms with Crippen LogP contribution in [0, 0.1) is 0 Å². The Hall–Kier alpha value is -4.36. The molecule has 6 N–H and O–H groups in total. The topological polar surface area (TPSA) is 187 Å². The smallest absolute Gasteiger partial charge is 0.326 e. The highest BCUT2D eigenvalue weighted by atomic mass is 32.2. The SMILES string of the molecule is COc1cc2ccc(S(=O)(=O)N[C@@H](CCCN=C(N)N)C(=O)N(C)[C@@H](Cc3ccccc3)C(=O)O)cc2cc1OC. The maximum Gasteiger partial charge on any atom is 0.326 e. The number of sulfonamides is 1. The summed E-state index contributed by atoms with van der Waals surface area (Å²) < 4.78 is 40.1. The molecule has 12 nitrogen and oxygen atoms in total. The van der Waals surface area contributed by atoms with Crippen molar-refractivity contribution in [2.24, 2.45) is 16.5 Å². The summed E-state index contributed by atoms with van der Waals surface area (Å²) in [7, 11) is 0.0969. The first-order valence-electron chi connectivity index (χ1n) is 12.7. The fourth-order valence-electron chi connectivity index (χ4n) is 4.34. The van der Waals surface area contributed by atoms with Crippen LogP contribution in [0.3, 0.4) is 0 Å². The third-order valence-corrected chi connectivity index (χ3v) is 8.01. The van der Waals surface area contributed by atoms with Crippen LogP contribution in [0.25, 0.3) is 10.8 Å². The Morgan fingerprint density at radius 3 is 2.22 bits per heavy atom. The second-order valence-electron chi connectivity index (χ2n) is 9.33. The fourth-order valence-corrected chi connectivity index (χ4v) is 5.60. The predicted molar refractivity (Wildman–Crippen MR) is 155 cm³/mol. The minimum atomic E-state index is -4.23. The number of benzene rings is 3. The Balaban J connectivity index is 1.92. The van der Waals surface area contributed by atoms with Crippen LogP contribution in [-0.4, -0.2) is 76.2 Å². The van der Waals surface area contributed by atoms with Crippen LogP contribution in [0.1, 0.15) is 18.4 Å². The molecular formula is C28H35N5O7S. The Morgan fingerprint density at radius 1 is 1.00 bits per heavy atom. The summed E-state index contributed by atoms with van der Waals surface area (Å²) in [4.78, 5) is 30.6. The van der Waals surface area contributed by atoms with E-state index >= 15 is 0 Å². The number of methoxy groups -OCH3 is 2. The summed E-state index contributed by atoms with van der Waals surface area (Å²) in [5.41, 5.74) is 11.5. The number of aliphatic imine (C=N–C) groups is 1. The van der Waals surface area contributed by atoms with Crippen LogP contribution in [0.2, 0.25) is 0 Å². The van der Waals surface area contributed by atoms with Gasteiger partial charge in [-0.05, 0) is 53.4 Å². The molecule has 0 aliphatic rings. The van der Waals surface area contributed by atoms with Gasteiger partial charge in [-0.2, -0.15) is 4.72 Å². The van der Waals surface area contributed by atoms with E-state index in [4.69, 9.17) is 20.9 Å². The molecule has 0 aliphatic heterocycles. The molecule has 0 saturated heterocycles. The monoisotopic (exact) mass is 585 g/mol. The number of rotatable bonds is 14. The van der Waals surface area contributed by atoms with Gasteiger partial charge < -0.3 is 30.9 Å². The number of nitrogens with two attached hydrogens (primary N) is 2. The molecule has 0 aliphatic carbocycles. The van der Waals surface area contributed by atoms with Gasteiger partial charge in [-0.15, -0.1) is 0 Å². The lowest BCUT2D eigenvalue weighted by Gasteiger charge is -2.29. The van der Waals surface area contributed by atoms with Gasteiger partial charge in [0.2, 0.25) is 15.9 Å². The molecule has 0 radical (unpaired) electrons. The lowest BCUT2D eigenvalue weighted by molar-refractivity contribution is -0.149. The van der Waals surface area contributed by atoms with Gasteiger partial charge in [0.1, 0.15) is 12.1 Å². The molecule has 0 fully saturated rings. The normalized spacial score (nSPS) is 12.8. The number of carboxylic acid groups (broad SMARTS) is 1. The van der Waals surface area contributed by atoms with Crippen LogP contribution < -0.4 is 25.7 Å². The fraction of sp³-hybridized carbons (Fsp3) is 0.321. The van der Waals surface area contributed by atoms with Crippen LogP contribution in [0.4, 0.5) is 0 Å². The van der Waals surface area contributed by atoms with Crippen molar-refractivity contribution < 1.29 is 32.6 Å². The molecule has 0 unspecified atom stereocenters. The number of hydrogen-bond donors (Lipinski definition) is 4. The molecule has 0 bridgehead atoms. The van der Waals surface area contributed by atoms with Crippen molar-refractivity contribution >= 4 is 38.6 Å². The average Bonchev–Trinajstić information content (AvgIpc) is 2.95. The van der Waals surface area contributed by atoms with E-state index in [-0.39, 0.29) is 36.7 Å². The number of guanidine groups is 1. The molecule has 3 rings (SSSR count). The molecule has 13 heteroatoms. The predicted octanol–water partition coefficient (Wildman–Crippen LogP) is 1.71. The zero-order valence-electron chi connectivity index (χ0n) is 23.1. The van der Waals surface area contributed by atoms with Crippen LogP contribution in [0.15, 0.2) is 70.6 Å². The average molecular weight is 586 g/mol. The highest BCUT2D eigenvalue weighted by Gasteiger charge is 2.33. The number of carboxylic acids is 1. The van der Waals surface area contributed by atoms with Crippen LogP contribution in [0.5, 0.6) is 11.5 Å². The molecule has 0 aromatic heterocycles. The highest BCUT2D eigenvalue weighted by molar-refractivity contribution is 7.89. The van der Waals surface area contributed by atoms with Gasteiger partial charge in [-0.1, -0.05) is 36.4 Å². The summed E-state index contributed by atoms with van der Waals surface area (Å²) >= 11 is 0. The number of amides is 1. The second-order valence-corrected chi connectivity index (χ2v) is 11.0. The molecule has 0 saturated carbocycles. The summed E-state index contributed by atoms with van der Waals surface area (Å²) in [5, 5.41) is 11.2. The van der Waals surface area contributed by atoms with Gasteiger partial charge in [-0.25, -0.2) is 13.2 Å². The molecule has 3 aromatic rings. The summed E-state index contributed by atoms with van der Waals surface area (Å²) in [6, 6.07) is 14.2. The van der Waals surface area contributed by atoms with E-state index in [9.17, 15) is 23.1 Å². The van der Waals surface area contributed by atoms with Crippen molar-refractivity contribution in [2.75, 3.05) is 27.8 Å². The number of hydrogen-bond acceptors (Lipinski definition) is 7. The zero-order valence-corrected chi connectivity index (χ0v) is 23.9. The molecule has 2 atom stereocenters. The molecule has 3 aromatic carbocycles. The first-order chi connectivity index (χ1) is 19.5. The van der Waals surface area contributed by atoms with E-state index in [2.05, 4.69) is 9.71 Å². The van der Waals surface area contributed by atoms with E-state index in [0.29, 0.717) is 22.4 Å². The number of fused-ring (bicyclic) bond motifs is 1. The molecule has 41 heavy (non-hydrogen) atoms. The largest absolute Gasteiger partial charge is 0.493 e. The number of carbonyl (C=O) groups is 2. The minimum Gasteiger partial charge on any atom is -0.493 e.